The fourth-order valence-electron chi connectivity index (χ4n) is 3.96. The Balaban J connectivity index is 1.74. The number of benzene rings is 1. The highest BCUT2D eigenvalue weighted by Gasteiger charge is 2.43. The van der Waals surface area contributed by atoms with E-state index in [1.165, 1.54) is 38.5 Å². The van der Waals surface area contributed by atoms with Crippen LogP contribution in [0.15, 0.2) is 24.3 Å². The molecule has 1 aliphatic carbocycles. The van der Waals surface area contributed by atoms with Crippen molar-refractivity contribution in [3.05, 3.63) is 29.8 Å². The maximum atomic E-state index is 12.9. The summed E-state index contributed by atoms with van der Waals surface area (Å²) in [7, 11) is 0. The first-order valence-corrected chi connectivity index (χ1v) is 8.23. The van der Waals surface area contributed by atoms with E-state index in [0.29, 0.717) is 5.75 Å². The van der Waals surface area contributed by atoms with Crippen molar-refractivity contribution in [3.63, 3.8) is 0 Å². The molecule has 1 aliphatic heterocycles. The Hall–Kier alpha value is -1.95. The Labute approximate surface area is 132 Å². The Bertz CT molecular complexity index is 564. The van der Waals surface area contributed by atoms with Crippen LogP contribution in [0.1, 0.15) is 55.3 Å². The van der Waals surface area contributed by atoms with Crippen molar-refractivity contribution in [2.24, 2.45) is 0 Å². The minimum atomic E-state index is 0.133. The molecule has 1 aromatic rings. The lowest BCUT2D eigenvalue weighted by molar-refractivity contribution is 0.0500. The smallest absolute Gasteiger partial charge is 0.254 e. The van der Waals surface area contributed by atoms with Crippen molar-refractivity contribution in [2.45, 2.75) is 50.5 Å². The number of amides is 1. The second-order valence-electron chi connectivity index (χ2n) is 6.36. The van der Waals surface area contributed by atoms with E-state index in [0.717, 1.165) is 18.5 Å². The number of nitrogens with zero attached hydrogens (tertiary/aromatic N) is 1. The topological polar surface area (TPSA) is 29.5 Å². The van der Waals surface area contributed by atoms with Crippen molar-refractivity contribution in [1.29, 1.82) is 0 Å². The number of ether oxygens (including phenoxy) is 1. The van der Waals surface area contributed by atoms with Crippen LogP contribution in [-0.2, 0) is 0 Å². The lowest BCUT2D eigenvalue weighted by Crippen LogP contribution is -2.48. The highest BCUT2D eigenvalue weighted by Crippen LogP contribution is 2.42. The number of carbonyl (C=O) groups is 1. The van der Waals surface area contributed by atoms with Crippen molar-refractivity contribution >= 4 is 5.91 Å². The Morgan fingerprint density at radius 2 is 1.82 bits per heavy atom. The highest BCUT2D eigenvalue weighted by molar-refractivity contribution is 5.95. The lowest BCUT2D eigenvalue weighted by atomic mass is 9.79. The molecule has 1 heterocycles. The average molecular weight is 297 g/mol. The number of likely N-dealkylation sites (tertiary alicyclic amines) is 1. The third-order valence-corrected chi connectivity index (χ3v) is 5.05. The molecule has 1 spiro atoms. The maximum absolute atomic E-state index is 12.9. The summed E-state index contributed by atoms with van der Waals surface area (Å²) in [6.45, 7) is 1.15. The molecule has 0 N–H and O–H groups in total. The number of hydrogen-bond acceptors (Lipinski definition) is 2. The minimum Gasteiger partial charge on any atom is -0.481 e. The maximum Gasteiger partial charge on any atom is 0.254 e. The molecule has 0 bridgehead atoms. The van der Waals surface area contributed by atoms with Crippen molar-refractivity contribution in [1.82, 2.24) is 4.90 Å². The second-order valence-corrected chi connectivity index (χ2v) is 6.36. The van der Waals surface area contributed by atoms with Crippen molar-refractivity contribution in [3.8, 4) is 18.1 Å². The molecule has 0 atom stereocenters. The third kappa shape index (κ3) is 2.83. The number of carbonyl (C=O) groups excluding carboxylic acids is 1. The molecule has 0 aromatic heterocycles. The first-order chi connectivity index (χ1) is 10.7. The van der Waals surface area contributed by atoms with E-state index in [1.807, 2.05) is 24.3 Å². The highest BCUT2D eigenvalue weighted by atomic mass is 16.5. The van der Waals surface area contributed by atoms with Crippen LogP contribution < -0.4 is 4.74 Å². The van der Waals surface area contributed by atoms with Crippen LogP contribution in [0, 0.1) is 12.3 Å². The molecular weight excluding hydrogens is 274 g/mol. The van der Waals surface area contributed by atoms with Crippen molar-refractivity contribution in [2.75, 3.05) is 13.2 Å². The van der Waals surface area contributed by atoms with Crippen LogP contribution in [0.5, 0.6) is 5.75 Å². The minimum absolute atomic E-state index is 0.133. The van der Waals surface area contributed by atoms with Gasteiger partial charge in [-0.25, -0.2) is 0 Å². The summed E-state index contributed by atoms with van der Waals surface area (Å²) in [6.07, 6.45) is 13.6. The predicted octanol–water partition coefficient (Wildman–Crippen LogP) is 3.64. The van der Waals surface area contributed by atoms with E-state index in [2.05, 4.69) is 10.8 Å². The summed E-state index contributed by atoms with van der Waals surface area (Å²) in [5.41, 5.74) is 0.883. The van der Waals surface area contributed by atoms with Gasteiger partial charge in [0.05, 0.1) is 0 Å². The van der Waals surface area contributed by atoms with Gasteiger partial charge in [-0.15, -0.1) is 6.42 Å². The number of terminal acetylenes is 1. The summed E-state index contributed by atoms with van der Waals surface area (Å²) in [4.78, 5) is 15.0. The zero-order valence-electron chi connectivity index (χ0n) is 13.0. The summed E-state index contributed by atoms with van der Waals surface area (Å²) < 4.78 is 5.36. The van der Waals surface area contributed by atoms with Crippen LogP contribution in [0.3, 0.4) is 0 Å². The van der Waals surface area contributed by atoms with Crippen LogP contribution in [0.2, 0.25) is 0 Å². The molecule has 0 radical (unpaired) electrons. The van der Waals surface area contributed by atoms with E-state index in [1.54, 1.807) is 0 Å². The molecule has 3 nitrogen and oxygen atoms in total. The number of hydrogen-bond donors (Lipinski definition) is 0. The fraction of sp³-hybridized carbons (Fsp3) is 0.526. The molecule has 1 amide bonds. The average Bonchev–Trinajstić information content (AvgIpc) is 2.96. The lowest BCUT2D eigenvalue weighted by Gasteiger charge is -2.41. The zero-order valence-corrected chi connectivity index (χ0v) is 13.0. The largest absolute Gasteiger partial charge is 0.481 e. The fourth-order valence-corrected chi connectivity index (χ4v) is 3.96. The van der Waals surface area contributed by atoms with Gasteiger partial charge in [-0.05, 0) is 49.9 Å². The van der Waals surface area contributed by atoms with E-state index in [9.17, 15) is 4.79 Å². The summed E-state index contributed by atoms with van der Waals surface area (Å²) in [6, 6.07) is 7.36. The van der Waals surface area contributed by atoms with Gasteiger partial charge in [-0.1, -0.05) is 25.2 Å². The quantitative estimate of drug-likeness (QED) is 0.797. The molecule has 1 saturated carbocycles. The van der Waals surface area contributed by atoms with Gasteiger partial charge in [-0.2, -0.15) is 0 Å². The predicted molar refractivity (Wildman–Crippen MR) is 86.9 cm³/mol. The van der Waals surface area contributed by atoms with Gasteiger partial charge in [-0.3, -0.25) is 4.79 Å². The Morgan fingerprint density at radius 1 is 1.14 bits per heavy atom. The van der Waals surface area contributed by atoms with E-state index in [-0.39, 0.29) is 18.1 Å². The Morgan fingerprint density at radius 3 is 2.50 bits per heavy atom. The van der Waals surface area contributed by atoms with Crippen LogP contribution in [-0.4, -0.2) is 29.5 Å². The Kier molecular flexibility index (Phi) is 4.38. The van der Waals surface area contributed by atoms with Gasteiger partial charge >= 0.3 is 0 Å². The molecular formula is C19H23NO2. The van der Waals surface area contributed by atoms with E-state index < -0.39 is 0 Å². The van der Waals surface area contributed by atoms with Gasteiger partial charge in [0, 0.05) is 17.6 Å². The normalized spacial score (nSPS) is 19.9. The van der Waals surface area contributed by atoms with Crippen LogP contribution >= 0.6 is 0 Å². The molecule has 3 rings (SSSR count). The summed E-state index contributed by atoms with van der Waals surface area (Å²) >= 11 is 0. The van der Waals surface area contributed by atoms with Gasteiger partial charge < -0.3 is 9.64 Å². The molecule has 1 saturated heterocycles. The van der Waals surface area contributed by atoms with Gasteiger partial charge in [0.15, 0.2) is 0 Å². The molecule has 1 aromatic carbocycles. The van der Waals surface area contributed by atoms with Crippen LogP contribution in [0.25, 0.3) is 0 Å². The molecule has 2 aliphatic rings. The molecule has 3 heteroatoms. The molecule has 116 valence electrons. The van der Waals surface area contributed by atoms with E-state index in [4.69, 9.17) is 11.2 Å². The third-order valence-electron chi connectivity index (χ3n) is 5.05. The van der Waals surface area contributed by atoms with Gasteiger partial charge in [0.1, 0.15) is 12.4 Å². The second kappa shape index (κ2) is 6.44. The standard InChI is InChI=1S/C19H23NO2/c1-2-15-22-17-9-7-16(8-10-17)18(21)20-14-6-13-19(20)11-4-3-5-12-19/h1,7-10H,3-6,11-15H2. The molecule has 22 heavy (non-hydrogen) atoms. The van der Waals surface area contributed by atoms with Gasteiger partial charge in [0.2, 0.25) is 0 Å². The summed E-state index contributed by atoms with van der Waals surface area (Å²) in [5.74, 6) is 3.32. The zero-order chi connectivity index (χ0) is 15.4. The molecule has 2 fully saturated rings. The monoisotopic (exact) mass is 297 g/mol. The number of rotatable bonds is 3. The first kappa shape index (κ1) is 15.0. The molecule has 0 unspecified atom stereocenters. The summed E-state index contributed by atoms with van der Waals surface area (Å²) in [5, 5.41) is 0. The van der Waals surface area contributed by atoms with Gasteiger partial charge in [0.25, 0.3) is 5.91 Å². The van der Waals surface area contributed by atoms with E-state index >= 15 is 0 Å². The van der Waals surface area contributed by atoms with Crippen molar-refractivity contribution < 1.29 is 9.53 Å². The van der Waals surface area contributed by atoms with Crippen LogP contribution in [0.4, 0.5) is 0 Å². The SMILES string of the molecule is C#CCOc1ccc(C(=O)N2CCCC23CCCCC3)cc1. The first-order valence-electron chi connectivity index (χ1n) is 8.23.